The summed E-state index contributed by atoms with van der Waals surface area (Å²) in [5.74, 6) is 0. The first-order chi connectivity index (χ1) is 11.0. The number of non-ortho nitro benzene ring substituents is 1. The number of benzene rings is 2. The summed E-state index contributed by atoms with van der Waals surface area (Å²) in [7, 11) is 0. The van der Waals surface area contributed by atoms with Crippen LogP contribution in [0.25, 0.3) is 11.3 Å². The first-order valence-electron chi connectivity index (χ1n) is 6.67. The summed E-state index contributed by atoms with van der Waals surface area (Å²) in [6.07, 6.45) is 0. The van der Waals surface area contributed by atoms with Crippen LogP contribution in [0.15, 0.2) is 57.1 Å². The van der Waals surface area contributed by atoms with Gasteiger partial charge < -0.3 is 0 Å². The van der Waals surface area contributed by atoms with E-state index in [2.05, 4.69) is 17.1 Å². The molecule has 0 saturated carbocycles. The molecule has 23 heavy (non-hydrogen) atoms. The van der Waals surface area contributed by atoms with Crippen molar-refractivity contribution < 1.29 is 4.92 Å². The molecule has 0 fully saturated rings. The monoisotopic (exact) mass is 362 g/mol. The fraction of sp³-hybridized carbons (Fsp3) is 0.0625. The Bertz CT molecular complexity index is 863. The normalized spacial score (nSPS) is 10.7. The first-order valence-corrected chi connectivity index (χ1v) is 8.75. The topological polar surface area (TPSA) is 56.0 Å². The average Bonchev–Trinajstić information content (AvgIpc) is 2.98. The average molecular weight is 363 g/mol. The van der Waals surface area contributed by atoms with Crippen LogP contribution < -0.4 is 0 Å². The number of nitro groups is 1. The summed E-state index contributed by atoms with van der Waals surface area (Å²) in [6.45, 7) is 2.04. The Morgan fingerprint density at radius 3 is 2.61 bits per heavy atom. The van der Waals surface area contributed by atoms with Gasteiger partial charge in [-0.1, -0.05) is 53.2 Å². The van der Waals surface area contributed by atoms with Gasteiger partial charge >= 0.3 is 0 Å². The molecule has 7 heteroatoms. The molecule has 1 heterocycles. The number of thiazole rings is 1. The maximum atomic E-state index is 10.7. The number of halogens is 1. The van der Waals surface area contributed by atoms with Crippen molar-refractivity contribution in [1.82, 2.24) is 4.98 Å². The van der Waals surface area contributed by atoms with Crippen molar-refractivity contribution in [2.75, 3.05) is 0 Å². The van der Waals surface area contributed by atoms with E-state index in [1.54, 1.807) is 6.07 Å². The van der Waals surface area contributed by atoms with E-state index >= 15 is 0 Å². The zero-order valence-electron chi connectivity index (χ0n) is 12.0. The quantitative estimate of drug-likeness (QED) is 0.432. The van der Waals surface area contributed by atoms with Crippen molar-refractivity contribution >= 4 is 40.4 Å². The molecule has 0 saturated heterocycles. The summed E-state index contributed by atoms with van der Waals surface area (Å²) in [6, 6.07) is 12.6. The number of aromatic nitrogens is 1. The minimum Gasteiger partial charge on any atom is -0.258 e. The molecule has 0 bridgehead atoms. The van der Waals surface area contributed by atoms with Crippen molar-refractivity contribution in [2.24, 2.45) is 0 Å². The highest BCUT2D eigenvalue weighted by Gasteiger charge is 2.12. The van der Waals surface area contributed by atoms with Crippen LogP contribution in [0.3, 0.4) is 0 Å². The maximum absolute atomic E-state index is 10.7. The third kappa shape index (κ3) is 3.72. The van der Waals surface area contributed by atoms with E-state index in [1.807, 2.05) is 24.4 Å². The van der Waals surface area contributed by atoms with E-state index in [-0.39, 0.29) is 5.69 Å². The Hall–Kier alpha value is -1.89. The fourth-order valence-electron chi connectivity index (χ4n) is 1.94. The van der Waals surface area contributed by atoms with Crippen LogP contribution >= 0.6 is 34.7 Å². The Morgan fingerprint density at radius 2 is 1.96 bits per heavy atom. The van der Waals surface area contributed by atoms with E-state index in [4.69, 9.17) is 11.6 Å². The number of rotatable bonds is 4. The van der Waals surface area contributed by atoms with Crippen LogP contribution in [0.4, 0.5) is 5.69 Å². The van der Waals surface area contributed by atoms with Gasteiger partial charge in [-0.2, -0.15) is 0 Å². The predicted molar refractivity (Wildman–Crippen MR) is 94.5 cm³/mol. The molecule has 0 unspecified atom stereocenters. The van der Waals surface area contributed by atoms with Gasteiger partial charge in [0.15, 0.2) is 4.34 Å². The molecular formula is C16H11ClN2O2S2. The molecule has 1 aromatic heterocycles. The third-order valence-electron chi connectivity index (χ3n) is 3.15. The molecular weight excluding hydrogens is 352 g/mol. The Balaban J connectivity index is 1.82. The summed E-state index contributed by atoms with van der Waals surface area (Å²) in [5.41, 5.74) is 3.17. The lowest BCUT2D eigenvalue weighted by Crippen LogP contribution is -1.87. The first kappa shape index (κ1) is 16.0. The van der Waals surface area contributed by atoms with Crippen molar-refractivity contribution in [1.29, 1.82) is 0 Å². The highest BCUT2D eigenvalue weighted by Crippen LogP contribution is 2.38. The zero-order chi connectivity index (χ0) is 16.4. The SMILES string of the molecule is Cc1ccc(-c2csc(Sc3ccc([N+](=O)[O-])cc3Cl)n2)cc1. The summed E-state index contributed by atoms with van der Waals surface area (Å²) >= 11 is 9.04. The second-order valence-corrected chi connectivity index (χ2v) is 7.39. The van der Waals surface area contributed by atoms with Crippen molar-refractivity contribution in [3.63, 3.8) is 0 Å². The molecule has 0 amide bonds. The molecule has 0 aliphatic rings. The van der Waals surface area contributed by atoms with Crippen molar-refractivity contribution in [3.8, 4) is 11.3 Å². The maximum Gasteiger partial charge on any atom is 0.270 e. The van der Waals surface area contributed by atoms with Gasteiger partial charge in [-0.3, -0.25) is 10.1 Å². The predicted octanol–water partition coefficient (Wildman–Crippen LogP) is 5.83. The van der Waals surface area contributed by atoms with E-state index in [1.165, 1.54) is 40.8 Å². The second-order valence-electron chi connectivity index (χ2n) is 4.84. The molecule has 116 valence electrons. The minimum absolute atomic E-state index is 0.0150. The van der Waals surface area contributed by atoms with Gasteiger partial charge in [0, 0.05) is 28.0 Å². The van der Waals surface area contributed by atoms with Crippen LogP contribution in [0.1, 0.15) is 5.56 Å². The second kappa shape index (κ2) is 6.70. The van der Waals surface area contributed by atoms with E-state index in [0.29, 0.717) is 5.02 Å². The fourth-order valence-corrected chi connectivity index (χ4v) is 4.01. The number of nitrogens with zero attached hydrogens (tertiary/aromatic N) is 2. The lowest BCUT2D eigenvalue weighted by atomic mass is 10.1. The lowest BCUT2D eigenvalue weighted by Gasteiger charge is -2.01. The largest absolute Gasteiger partial charge is 0.270 e. The van der Waals surface area contributed by atoms with Gasteiger partial charge in [0.1, 0.15) is 0 Å². The number of aryl methyl sites for hydroxylation is 1. The molecule has 0 N–H and O–H groups in total. The standard InChI is InChI=1S/C16H11ClN2O2S2/c1-10-2-4-11(5-3-10)14-9-22-16(18-14)23-15-7-6-12(19(20)21)8-13(15)17/h2-9H,1H3. The van der Waals surface area contributed by atoms with Gasteiger partial charge in [0.25, 0.3) is 5.69 Å². The number of hydrogen-bond donors (Lipinski definition) is 0. The highest BCUT2D eigenvalue weighted by molar-refractivity contribution is 8.01. The van der Waals surface area contributed by atoms with E-state index in [9.17, 15) is 10.1 Å². The smallest absolute Gasteiger partial charge is 0.258 e. The van der Waals surface area contributed by atoms with Crippen molar-refractivity contribution in [3.05, 3.63) is 68.5 Å². The number of hydrogen-bond acceptors (Lipinski definition) is 5. The van der Waals surface area contributed by atoms with Crippen molar-refractivity contribution in [2.45, 2.75) is 16.2 Å². The molecule has 4 nitrogen and oxygen atoms in total. The molecule has 0 aliphatic carbocycles. The molecule has 0 spiro atoms. The van der Waals surface area contributed by atoms with Crippen LogP contribution in [-0.4, -0.2) is 9.91 Å². The third-order valence-corrected chi connectivity index (χ3v) is 5.59. The Labute approximate surface area is 146 Å². The van der Waals surface area contributed by atoms with Crippen LogP contribution in [0.5, 0.6) is 0 Å². The van der Waals surface area contributed by atoms with Gasteiger partial charge in [-0.15, -0.1) is 11.3 Å². The molecule has 2 aromatic carbocycles. The molecule has 0 atom stereocenters. The highest BCUT2D eigenvalue weighted by atomic mass is 35.5. The summed E-state index contributed by atoms with van der Waals surface area (Å²) in [5, 5.41) is 13.1. The van der Waals surface area contributed by atoms with E-state index < -0.39 is 4.92 Å². The Morgan fingerprint density at radius 1 is 1.22 bits per heavy atom. The summed E-state index contributed by atoms with van der Waals surface area (Å²) < 4.78 is 0.844. The zero-order valence-corrected chi connectivity index (χ0v) is 14.4. The van der Waals surface area contributed by atoms with Gasteiger partial charge in [0.2, 0.25) is 0 Å². The molecule has 3 aromatic rings. The number of nitro benzene ring substituents is 1. The summed E-state index contributed by atoms with van der Waals surface area (Å²) in [4.78, 5) is 15.6. The lowest BCUT2D eigenvalue weighted by molar-refractivity contribution is -0.384. The van der Waals surface area contributed by atoms with Crippen LogP contribution in [0.2, 0.25) is 5.02 Å². The van der Waals surface area contributed by atoms with Crippen LogP contribution in [0, 0.1) is 17.0 Å². The van der Waals surface area contributed by atoms with Gasteiger partial charge in [-0.25, -0.2) is 4.98 Å². The molecule has 0 radical (unpaired) electrons. The van der Waals surface area contributed by atoms with E-state index in [0.717, 1.165) is 20.5 Å². The van der Waals surface area contributed by atoms with Crippen LogP contribution in [-0.2, 0) is 0 Å². The molecule has 0 aliphatic heterocycles. The van der Waals surface area contributed by atoms with Gasteiger partial charge in [-0.05, 0) is 13.0 Å². The minimum atomic E-state index is -0.459. The van der Waals surface area contributed by atoms with Gasteiger partial charge in [0.05, 0.1) is 15.6 Å². The Kier molecular flexibility index (Phi) is 4.66. The molecule has 3 rings (SSSR count).